The van der Waals surface area contributed by atoms with Gasteiger partial charge in [-0.1, -0.05) is 38.1 Å². The molecule has 0 aliphatic heterocycles. The second kappa shape index (κ2) is 12.0. The van der Waals surface area contributed by atoms with Crippen LogP contribution in [0.5, 0.6) is 0 Å². The number of carbonyl (C=O) groups is 3. The molecular weight excluding hydrogens is 452 g/mol. The van der Waals surface area contributed by atoms with Gasteiger partial charge in [-0.25, -0.2) is 4.79 Å². The van der Waals surface area contributed by atoms with Crippen LogP contribution in [-0.2, 0) is 16.0 Å². The van der Waals surface area contributed by atoms with E-state index in [2.05, 4.69) is 24.5 Å². The lowest BCUT2D eigenvalue weighted by atomic mass is 10.0. The van der Waals surface area contributed by atoms with Gasteiger partial charge in [0.05, 0.1) is 5.56 Å². The van der Waals surface area contributed by atoms with Crippen molar-refractivity contribution in [1.29, 1.82) is 0 Å². The zero-order valence-corrected chi connectivity index (χ0v) is 20.6. The lowest BCUT2D eigenvalue weighted by Crippen LogP contribution is -2.41. The largest absolute Gasteiger partial charge is 0.461 e. The number of primary amides is 2. The first-order valence-corrected chi connectivity index (χ1v) is 12.6. The van der Waals surface area contributed by atoms with Crippen molar-refractivity contribution in [3.8, 4) is 10.4 Å². The Kier molecular flexibility index (Phi) is 9.06. The Morgan fingerprint density at radius 2 is 1.79 bits per heavy atom. The SMILES string of the molecule is CC(C)C[C@@H](NCCc1ccc(-c2cc(C(N)=O)c(NC(N)=O)s2)cc1)C(=O)OC1CCCC1. The molecule has 1 atom stereocenters. The minimum absolute atomic E-state index is 0.0718. The van der Waals surface area contributed by atoms with Crippen LogP contribution >= 0.6 is 11.3 Å². The van der Waals surface area contributed by atoms with E-state index < -0.39 is 11.9 Å². The molecule has 0 saturated heterocycles. The molecule has 1 aliphatic carbocycles. The van der Waals surface area contributed by atoms with Crippen molar-refractivity contribution in [3.05, 3.63) is 41.5 Å². The molecule has 1 aliphatic rings. The maximum absolute atomic E-state index is 12.7. The van der Waals surface area contributed by atoms with E-state index in [4.69, 9.17) is 16.2 Å². The molecule has 8 nitrogen and oxygen atoms in total. The van der Waals surface area contributed by atoms with Crippen molar-refractivity contribution >= 4 is 34.2 Å². The Balaban J connectivity index is 1.58. The fourth-order valence-corrected chi connectivity index (χ4v) is 5.21. The van der Waals surface area contributed by atoms with Gasteiger partial charge in [0, 0.05) is 4.88 Å². The summed E-state index contributed by atoms with van der Waals surface area (Å²) in [5, 5.41) is 6.17. The third-order valence-electron chi connectivity index (χ3n) is 5.85. The number of hydrogen-bond donors (Lipinski definition) is 4. The lowest BCUT2D eigenvalue weighted by molar-refractivity contribution is -0.151. The third-order valence-corrected chi connectivity index (χ3v) is 6.95. The molecule has 0 bridgehead atoms. The lowest BCUT2D eigenvalue weighted by Gasteiger charge is -2.21. The second-order valence-corrected chi connectivity index (χ2v) is 10.2. The first-order chi connectivity index (χ1) is 16.2. The number of rotatable bonds is 11. The van der Waals surface area contributed by atoms with Crippen LogP contribution < -0.4 is 22.1 Å². The summed E-state index contributed by atoms with van der Waals surface area (Å²) in [6.07, 6.45) is 5.78. The number of thiophene rings is 1. The molecule has 0 radical (unpaired) electrons. The Labute approximate surface area is 204 Å². The van der Waals surface area contributed by atoms with Crippen molar-refractivity contribution in [3.63, 3.8) is 0 Å². The molecule has 2 aromatic rings. The Morgan fingerprint density at radius 3 is 2.38 bits per heavy atom. The maximum atomic E-state index is 12.7. The Morgan fingerprint density at radius 1 is 1.12 bits per heavy atom. The van der Waals surface area contributed by atoms with Gasteiger partial charge < -0.3 is 21.5 Å². The minimum Gasteiger partial charge on any atom is -0.461 e. The summed E-state index contributed by atoms with van der Waals surface area (Å²) in [4.78, 5) is 36.4. The number of urea groups is 1. The van der Waals surface area contributed by atoms with Crippen LogP contribution in [0.2, 0.25) is 0 Å². The molecule has 0 spiro atoms. The van der Waals surface area contributed by atoms with Gasteiger partial charge in [0.1, 0.15) is 17.1 Å². The van der Waals surface area contributed by atoms with Crippen LogP contribution in [0.3, 0.4) is 0 Å². The third kappa shape index (κ3) is 7.30. The van der Waals surface area contributed by atoms with Gasteiger partial charge in [-0.05, 0) is 68.2 Å². The highest BCUT2D eigenvalue weighted by Crippen LogP contribution is 2.35. The van der Waals surface area contributed by atoms with E-state index in [9.17, 15) is 14.4 Å². The van der Waals surface area contributed by atoms with Crippen LogP contribution in [0.4, 0.5) is 9.80 Å². The highest BCUT2D eigenvalue weighted by Gasteiger charge is 2.25. The number of hydrogen-bond acceptors (Lipinski definition) is 6. The molecule has 3 amide bonds. The fraction of sp³-hybridized carbons (Fsp3) is 0.480. The van der Waals surface area contributed by atoms with E-state index in [0.29, 0.717) is 17.5 Å². The number of nitrogens with two attached hydrogens (primary N) is 2. The summed E-state index contributed by atoms with van der Waals surface area (Å²) in [5.74, 6) is -0.381. The summed E-state index contributed by atoms with van der Waals surface area (Å²) in [7, 11) is 0. The average Bonchev–Trinajstić information content (AvgIpc) is 3.43. The molecule has 1 heterocycles. The van der Waals surface area contributed by atoms with Crippen molar-refractivity contribution in [2.24, 2.45) is 17.4 Å². The summed E-state index contributed by atoms with van der Waals surface area (Å²) < 4.78 is 5.73. The standard InChI is InChI=1S/C25H34N4O4S/c1-15(2)13-20(24(31)33-18-5-3-4-6-18)28-12-11-16-7-9-17(10-8-16)21-14-19(22(26)30)23(34-21)29-25(27)32/h7-10,14-15,18,20,28H,3-6,11-13H2,1-2H3,(H2,26,30)(H3,27,29,32)/t20-/m1/s1. The molecule has 0 unspecified atom stereocenters. The summed E-state index contributed by atoms with van der Waals surface area (Å²) in [5.41, 5.74) is 12.9. The van der Waals surface area contributed by atoms with Gasteiger partial charge in [0.15, 0.2) is 0 Å². The summed E-state index contributed by atoms with van der Waals surface area (Å²) in [6, 6.07) is 8.55. The normalized spacial score (nSPS) is 14.8. The first kappa shape index (κ1) is 25.7. The molecule has 34 heavy (non-hydrogen) atoms. The van der Waals surface area contributed by atoms with Gasteiger partial charge in [0.2, 0.25) is 0 Å². The van der Waals surface area contributed by atoms with Crippen LogP contribution in [-0.4, -0.2) is 36.6 Å². The zero-order chi connectivity index (χ0) is 24.7. The predicted octanol–water partition coefficient (Wildman–Crippen LogP) is 4.04. The minimum atomic E-state index is -0.748. The Bertz CT molecular complexity index is 997. The molecule has 1 aromatic heterocycles. The first-order valence-electron chi connectivity index (χ1n) is 11.8. The fourth-order valence-electron chi connectivity index (χ4n) is 4.13. The van der Waals surface area contributed by atoms with Crippen molar-refractivity contribution in [1.82, 2.24) is 5.32 Å². The highest BCUT2D eigenvalue weighted by molar-refractivity contribution is 7.20. The van der Waals surface area contributed by atoms with Gasteiger partial charge in [-0.2, -0.15) is 0 Å². The van der Waals surface area contributed by atoms with E-state index in [1.807, 2.05) is 24.3 Å². The molecule has 1 fully saturated rings. The molecule has 1 aromatic carbocycles. The van der Waals surface area contributed by atoms with E-state index in [1.54, 1.807) is 6.07 Å². The van der Waals surface area contributed by atoms with E-state index in [1.165, 1.54) is 11.3 Å². The molecular formula is C25H34N4O4S. The van der Waals surface area contributed by atoms with Crippen molar-refractivity contribution < 1.29 is 19.1 Å². The number of benzene rings is 1. The highest BCUT2D eigenvalue weighted by atomic mass is 32.1. The predicted molar refractivity (Wildman–Crippen MR) is 135 cm³/mol. The molecule has 1 saturated carbocycles. The number of esters is 1. The topological polar surface area (TPSA) is 137 Å². The molecule has 3 rings (SSSR count). The van der Waals surface area contributed by atoms with Crippen LogP contribution in [0.25, 0.3) is 10.4 Å². The van der Waals surface area contributed by atoms with E-state index in [0.717, 1.165) is 54.5 Å². The number of ether oxygens (including phenoxy) is 1. The quantitative estimate of drug-likeness (QED) is 0.355. The number of amides is 3. The number of nitrogens with one attached hydrogen (secondary N) is 2. The van der Waals surface area contributed by atoms with E-state index >= 15 is 0 Å². The number of anilines is 1. The van der Waals surface area contributed by atoms with Crippen LogP contribution in [0, 0.1) is 5.92 Å². The van der Waals surface area contributed by atoms with Gasteiger partial charge in [-0.15, -0.1) is 11.3 Å². The van der Waals surface area contributed by atoms with E-state index in [-0.39, 0.29) is 23.7 Å². The monoisotopic (exact) mass is 486 g/mol. The second-order valence-electron chi connectivity index (χ2n) is 9.13. The van der Waals surface area contributed by atoms with Gasteiger partial charge >= 0.3 is 12.0 Å². The van der Waals surface area contributed by atoms with Gasteiger partial charge in [0.25, 0.3) is 5.91 Å². The van der Waals surface area contributed by atoms with Crippen LogP contribution in [0.1, 0.15) is 61.9 Å². The Hall–Kier alpha value is -2.91. The molecule has 184 valence electrons. The smallest absolute Gasteiger partial charge is 0.323 e. The van der Waals surface area contributed by atoms with Crippen LogP contribution in [0.15, 0.2) is 30.3 Å². The summed E-state index contributed by atoms with van der Waals surface area (Å²) >= 11 is 1.24. The summed E-state index contributed by atoms with van der Waals surface area (Å²) in [6.45, 7) is 4.87. The number of carbonyl (C=O) groups excluding carboxylic acids is 3. The van der Waals surface area contributed by atoms with Crippen molar-refractivity contribution in [2.75, 3.05) is 11.9 Å². The zero-order valence-electron chi connectivity index (χ0n) is 19.8. The van der Waals surface area contributed by atoms with Gasteiger partial charge in [-0.3, -0.25) is 14.9 Å². The average molecular weight is 487 g/mol. The van der Waals surface area contributed by atoms with Crippen molar-refractivity contribution in [2.45, 2.75) is 64.5 Å². The molecule has 6 N–H and O–H groups in total. The maximum Gasteiger partial charge on any atom is 0.323 e. The molecule has 9 heteroatoms.